The summed E-state index contributed by atoms with van der Waals surface area (Å²) in [5.41, 5.74) is 6.76. The van der Waals surface area contributed by atoms with Crippen LogP contribution in [0.4, 0.5) is 0 Å². The second kappa shape index (κ2) is 5.57. The van der Waals surface area contributed by atoms with Crippen LogP contribution >= 0.6 is 23.2 Å². The number of halogens is 2. The molecule has 1 unspecified atom stereocenters. The Hall–Kier alpha value is -1.29. The predicted octanol–water partition coefficient (Wildman–Crippen LogP) is 4.20. The summed E-state index contributed by atoms with van der Waals surface area (Å²) < 4.78 is 5.60. The van der Waals surface area contributed by atoms with E-state index in [0.29, 0.717) is 21.7 Å². The van der Waals surface area contributed by atoms with Gasteiger partial charge in [-0.15, -0.1) is 0 Å². The Morgan fingerprint density at radius 1 is 1.17 bits per heavy atom. The molecule has 0 saturated carbocycles. The van der Waals surface area contributed by atoms with E-state index in [4.69, 9.17) is 33.7 Å². The Balaban J connectivity index is 2.23. The zero-order chi connectivity index (χ0) is 13.1. The lowest BCUT2D eigenvalue weighted by Gasteiger charge is -2.09. The second-order valence-corrected chi connectivity index (χ2v) is 4.71. The Morgan fingerprint density at radius 2 is 1.94 bits per heavy atom. The van der Waals surface area contributed by atoms with E-state index in [9.17, 15) is 0 Å². The van der Waals surface area contributed by atoms with E-state index in [1.54, 1.807) is 30.5 Å². The van der Waals surface area contributed by atoms with Crippen molar-refractivity contribution >= 4 is 23.2 Å². The Morgan fingerprint density at radius 3 is 2.61 bits per heavy atom. The Bertz CT molecular complexity index is 558. The molecule has 3 nitrogen and oxygen atoms in total. The number of aromatic nitrogens is 1. The lowest BCUT2D eigenvalue weighted by Crippen LogP contribution is -2.05. The van der Waals surface area contributed by atoms with Gasteiger partial charge in [-0.05, 0) is 30.7 Å². The molecule has 0 radical (unpaired) electrons. The van der Waals surface area contributed by atoms with Crippen molar-refractivity contribution in [3.8, 4) is 11.6 Å². The average Bonchev–Trinajstić information content (AvgIpc) is 2.34. The van der Waals surface area contributed by atoms with E-state index >= 15 is 0 Å². The van der Waals surface area contributed by atoms with Gasteiger partial charge in [0.25, 0.3) is 0 Å². The van der Waals surface area contributed by atoms with Gasteiger partial charge >= 0.3 is 0 Å². The molecule has 94 valence electrons. The number of hydrogen-bond acceptors (Lipinski definition) is 3. The van der Waals surface area contributed by atoms with Crippen LogP contribution in [0.5, 0.6) is 11.6 Å². The van der Waals surface area contributed by atoms with Gasteiger partial charge in [-0.25, -0.2) is 4.98 Å². The van der Waals surface area contributed by atoms with Crippen LogP contribution in [0.3, 0.4) is 0 Å². The van der Waals surface area contributed by atoms with Gasteiger partial charge in [0.05, 0.1) is 10.0 Å². The maximum atomic E-state index is 5.91. The molecule has 1 aromatic heterocycles. The molecule has 2 N–H and O–H groups in total. The quantitative estimate of drug-likeness (QED) is 0.918. The van der Waals surface area contributed by atoms with Crippen LogP contribution in [0.15, 0.2) is 36.5 Å². The van der Waals surface area contributed by atoms with Crippen molar-refractivity contribution in [1.82, 2.24) is 4.98 Å². The third-order valence-corrected chi connectivity index (χ3v) is 3.14. The summed E-state index contributed by atoms with van der Waals surface area (Å²) in [6.07, 6.45) is 1.66. The molecule has 0 aliphatic heterocycles. The minimum Gasteiger partial charge on any atom is -0.439 e. The first-order chi connectivity index (χ1) is 8.56. The van der Waals surface area contributed by atoms with E-state index < -0.39 is 0 Å². The smallest absolute Gasteiger partial charge is 0.219 e. The highest BCUT2D eigenvalue weighted by molar-refractivity contribution is 6.42. The second-order valence-electron chi connectivity index (χ2n) is 3.89. The molecule has 5 heteroatoms. The summed E-state index contributed by atoms with van der Waals surface area (Å²) in [6, 6.07) is 8.64. The molecule has 18 heavy (non-hydrogen) atoms. The third-order valence-electron chi connectivity index (χ3n) is 2.40. The topological polar surface area (TPSA) is 48.1 Å². The predicted molar refractivity (Wildman–Crippen MR) is 73.4 cm³/mol. The number of nitrogens with zero attached hydrogens (tertiary/aromatic N) is 1. The van der Waals surface area contributed by atoms with Crippen LogP contribution < -0.4 is 10.5 Å². The molecule has 0 bridgehead atoms. The van der Waals surface area contributed by atoms with Crippen molar-refractivity contribution in [3.63, 3.8) is 0 Å². The molecule has 2 rings (SSSR count). The number of nitrogens with two attached hydrogens (primary N) is 1. The van der Waals surface area contributed by atoms with Crippen LogP contribution in [0.2, 0.25) is 10.0 Å². The normalized spacial score (nSPS) is 12.2. The largest absolute Gasteiger partial charge is 0.439 e. The van der Waals surface area contributed by atoms with Crippen LogP contribution in [0.1, 0.15) is 18.5 Å². The van der Waals surface area contributed by atoms with Gasteiger partial charge in [-0.3, -0.25) is 0 Å². The summed E-state index contributed by atoms with van der Waals surface area (Å²) in [5.74, 6) is 1.06. The van der Waals surface area contributed by atoms with Crippen LogP contribution in [-0.2, 0) is 0 Å². The van der Waals surface area contributed by atoms with Gasteiger partial charge in [0.15, 0.2) is 0 Å². The fourth-order valence-corrected chi connectivity index (χ4v) is 1.71. The highest BCUT2D eigenvalue weighted by atomic mass is 35.5. The monoisotopic (exact) mass is 282 g/mol. The van der Waals surface area contributed by atoms with E-state index in [0.717, 1.165) is 5.56 Å². The summed E-state index contributed by atoms with van der Waals surface area (Å²) in [4.78, 5) is 4.12. The van der Waals surface area contributed by atoms with Crippen molar-refractivity contribution in [2.24, 2.45) is 5.73 Å². The van der Waals surface area contributed by atoms with E-state index in [1.807, 2.05) is 13.0 Å². The van der Waals surface area contributed by atoms with Crippen molar-refractivity contribution in [1.29, 1.82) is 0 Å². The van der Waals surface area contributed by atoms with E-state index in [2.05, 4.69) is 4.98 Å². The van der Waals surface area contributed by atoms with Crippen LogP contribution in [0.25, 0.3) is 0 Å². The summed E-state index contributed by atoms with van der Waals surface area (Å²) in [7, 11) is 0. The van der Waals surface area contributed by atoms with Gasteiger partial charge in [-0.2, -0.15) is 0 Å². The first-order valence-corrected chi connectivity index (χ1v) is 6.16. The summed E-state index contributed by atoms with van der Waals surface area (Å²) in [6.45, 7) is 1.90. The highest BCUT2D eigenvalue weighted by Gasteiger charge is 2.05. The third kappa shape index (κ3) is 3.13. The van der Waals surface area contributed by atoms with Crippen molar-refractivity contribution < 1.29 is 4.74 Å². The zero-order valence-electron chi connectivity index (χ0n) is 9.73. The SMILES string of the molecule is CC(N)c1ccnc(Oc2ccc(Cl)c(Cl)c2)c1. The first-order valence-electron chi connectivity index (χ1n) is 5.40. The molecular weight excluding hydrogens is 271 g/mol. The molecule has 0 spiro atoms. The molecule has 0 aliphatic carbocycles. The standard InChI is InChI=1S/C13H12Cl2N2O/c1-8(16)9-4-5-17-13(6-9)18-10-2-3-11(14)12(15)7-10/h2-8H,16H2,1H3. The summed E-state index contributed by atoms with van der Waals surface area (Å²) in [5, 5.41) is 0.929. The molecule has 0 saturated heterocycles. The van der Waals surface area contributed by atoms with E-state index in [-0.39, 0.29) is 6.04 Å². The maximum absolute atomic E-state index is 5.91. The maximum Gasteiger partial charge on any atom is 0.219 e. The van der Waals surface area contributed by atoms with E-state index in [1.165, 1.54) is 0 Å². The molecule has 1 atom stereocenters. The number of ether oxygens (including phenoxy) is 1. The van der Waals surface area contributed by atoms with Crippen molar-refractivity contribution in [3.05, 3.63) is 52.1 Å². The average molecular weight is 283 g/mol. The molecule has 1 heterocycles. The lowest BCUT2D eigenvalue weighted by molar-refractivity contribution is 0.461. The number of rotatable bonds is 3. The Labute approximate surface area is 115 Å². The van der Waals surface area contributed by atoms with Gasteiger partial charge < -0.3 is 10.5 Å². The van der Waals surface area contributed by atoms with Crippen molar-refractivity contribution in [2.45, 2.75) is 13.0 Å². The zero-order valence-corrected chi connectivity index (χ0v) is 11.2. The van der Waals surface area contributed by atoms with Crippen LogP contribution in [-0.4, -0.2) is 4.98 Å². The fraction of sp³-hybridized carbons (Fsp3) is 0.154. The molecule has 0 fully saturated rings. The van der Waals surface area contributed by atoms with Crippen LogP contribution in [0, 0.1) is 0 Å². The summed E-state index contributed by atoms with van der Waals surface area (Å²) >= 11 is 11.7. The lowest BCUT2D eigenvalue weighted by atomic mass is 10.1. The molecular formula is C13H12Cl2N2O. The molecule has 0 amide bonds. The Kier molecular flexibility index (Phi) is 4.07. The highest BCUT2D eigenvalue weighted by Crippen LogP contribution is 2.29. The number of benzene rings is 1. The minimum absolute atomic E-state index is 0.0656. The van der Waals surface area contributed by atoms with Gasteiger partial charge in [-0.1, -0.05) is 23.2 Å². The van der Waals surface area contributed by atoms with Gasteiger partial charge in [0.2, 0.25) is 5.88 Å². The first kappa shape index (κ1) is 13.1. The fourth-order valence-electron chi connectivity index (χ4n) is 1.42. The number of hydrogen-bond donors (Lipinski definition) is 1. The molecule has 1 aromatic carbocycles. The van der Waals surface area contributed by atoms with Gasteiger partial charge in [0, 0.05) is 24.4 Å². The van der Waals surface area contributed by atoms with Crippen molar-refractivity contribution in [2.75, 3.05) is 0 Å². The number of pyridine rings is 1. The van der Waals surface area contributed by atoms with Gasteiger partial charge in [0.1, 0.15) is 5.75 Å². The molecule has 0 aliphatic rings. The minimum atomic E-state index is -0.0656. The molecule has 2 aromatic rings.